The molecule has 0 radical (unpaired) electrons. The van der Waals surface area contributed by atoms with E-state index in [1.807, 2.05) is 30.7 Å². The average Bonchev–Trinajstić information content (AvgIpc) is 3.02. The molecule has 0 saturated carbocycles. The molecule has 0 amide bonds. The lowest BCUT2D eigenvalue weighted by Gasteiger charge is -2.09. The fraction of sp³-hybridized carbons (Fsp3) is 0.176. The second kappa shape index (κ2) is 4.87. The highest BCUT2D eigenvalue weighted by Gasteiger charge is 2.11. The molecule has 5 heteroatoms. The summed E-state index contributed by atoms with van der Waals surface area (Å²) in [5, 5.41) is 2.09. The molecule has 22 heavy (non-hydrogen) atoms. The highest BCUT2D eigenvalue weighted by atomic mass is 14.9. The average molecular weight is 289 g/mol. The highest BCUT2D eigenvalue weighted by Crippen LogP contribution is 2.27. The van der Waals surface area contributed by atoms with E-state index in [-0.39, 0.29) is 0 Å². The predicted octanol–water partition coefficient (Wildman–Crippen LogP) is 3.69. The molecule has 0 aromatic carbocycles. The fourth-order valence-electron chi connectivity index (χ4n) is 2.72. The van der Waals surface area contributed by atoms with E-state index < -0.39 is 0 Å². The Bertz CT molecular complexity index is 971. The van der Waals surface area contributed by atoms with Gasteiger partial charge in [0.1, 0.15) is 5.65 Å². The Balaban J connectivity index is 1.95. The standard InChI is InChI=1S/C17H15N5/c1-10(2)13-7-18-9-15-14(13)8-21-17(22-15)12-4-6-20-16-11(12)3-5-19-16/h3-10H,1-2H3,(H,19,20). The zero-order valence-electron chi connectivity index (χ0n) is 12.4. The summed E-state index contributed by atoms with van der Waals surface area (Å²) in [7, 11) is 0. The van der Waals surface area contributed by atoms with Crippen LogP contribution in [0.2, 0.25) is 0 Å². The molecule has 0 spiro atoms. The lowest BCUT2D eigenvalue weighted by Crippen LogP contribution is -1.96. The van der Waals surface area contributed by atoms with E-state index in [9.17, 15) is 0 Å². The Hall–Kier alpha value is -2.82. The quantitative estimate of drug-likeness (QED) is 0.611. The third-order valence-corrected chi connectivity index (χ3v) is 3.86. The second-order valence-corrected chi connectivity index (χ2v) is 5.61. The molecule has 0 saturated heterocycles. The lowest BCUT2D eigenvalue weighted by molar-refractivity contribution is 0.867. The van der Waals surface area contributed by atoms with Gasteiger partial charge in [0, 0.05) is 41.1 Å². The molecule has 4 heterocycles. The number of pyridine rings is 2. The second-order valence-electron chi connectivity index (χ2n) is 5.61. The van der Waals surface area contributed by atoms with E-state index >= 15 is 0 Å². The zero-order valence-corrected chi connectivity index (χ0v) is 12.4. The first-order chi connectivity index (χ1) is 10.7. The molecule has 0 aliphatic heterocycles. The molecule has 4 rings (SSSR count). The van der Waals surface area contributed by atoms with Crippen LogP contribution in [0.5, 0.6) is 0 Å². The van der Waals surface area contributed by atoms with Crippen LogP contribution in [0.3, 0.4) is 0 Å². The van der Waals surface area contributed by atoms with Crippen LogP contribution >= 0.6 is 0 Å². The lowest BCUT2D eigenvalue weighted by atomic mass is 10.0. The Morgan fingerprint density at radius 3 is 2.77 bits per heavy atom. The van der Waals surface area contributed by atoms with E-state index in [4.69, 9.17) is 4.98 Å². The molecular formula is C17H15N5. The van der Waals surface area contributed by atoms with Crippen molar-refractivity contribution in [3.63, 3.8) is 0 Å². The van der Waals surface area contributed by atoms with Gasteiger partial charge in [-0.25, -0.2) is 15.0 Å². The Morgan fingerprint density at radius 1 is 1.00 bits per heavy atom. The molecule has 0 fully saturated rings. The first-order valence-electron chi connectivity index (χ1n) is 7.27. The SMILES string of the molecule is CC(C)c1cncc2nc(-c3ccnc4[nH]ccc34)ncc12. The smallest absolute Gasteiger partial charge is 0.160 e. The minimum absolute atomic E-state index is 0.392. The van der Waals surface area contributed by atoms with Crippen LogP contribution in [-0.4, -0.2) is 24.9 Å². The van der Waals surface area contributed by atoms with E-state index in [0.717, 1.165) is 27.5 Å². The number of nitrogens with zero attached hydrogens (tertiary/aromatic N) is 4. The summed E-state index contributed by atoms with van der Waals surface area (Å²) >= 11 is 0. The monoisotopic (exact) mass is 289 g/mol. The first kappa shape index (κ1) is 12.9. The van der Waals surface area contributed by atoms with Gasteiger partial charge >= 0.3 is 0 Å². The molecule has 5 nitrogen and oxygen atoms in total. The number of aromatic amines is 1. The van der Waals surface area contributed by atoms with Gasteiger partial charge in [-0.05, 0) is 23.6 Å². The van der Waals surface area contributed by atoms with E-state index in [0.29, 0.717) is 11.7 Å². The molecule has 0 bridgehead atoms. The first-order valence-corrected chi connectivity index (χ1v) is 7.27. The molecule has 0 atom stereocenters. The van der Waals surface area contributed by atoms with Crippen LogP contribution in [0.25, 0.3) is 33.3 Å². The molecule has 108 valence electrons. The van der Waals surface area contributed by atoms with Crippen molar-refractivity contribution in [1.82, 2.24) is 24.9 Å². The van der Waals surface area contributed by atoms with Crippen LogP contribution in [0.4, 0.5) is 0 Å². The third kappa shape index (κ3) is 1.94. The Morgan fingerprint density at radius 2 is 1.91 bits per heavy atom. The van der Waals surface area contributed by atoms with Gasteiger partial charge in [-0.2, -0.15) is 0 Å². The van der Waals surface area contributed by atoms with Gasteiger partial charge in [-0.15, -0.1) is 0 Å². The van der Waals surface area contributed by atoms with Crippen molar-refractivity contribution >= 4 is 21.9 Å². The van der Waals surface area contributed by atoms with Crippen molar-refractivity contribution in [1.29, 1.82) is 0 Å². The molecular weight excluding hydrogens is 274 g/mol. The van der Waals surface area contributed by atoms with E-state index in [1.54, 1.807) is 12.4 Å². The molecule has 4 aromatic rings. The molecule has 0 aliphatic carbocycles. The number of fused-ring (bicyclic) bond motifs is 2. The summed E-state index contributed by atoms with van der Waals surface area (Å²) in [6, 6.07) is 3.94. The van der Waals surface area contributed by atoms with Gasteiger partial charge in [0.05, 0.1) is 11.7 Å². The summed E-state index contributed by atoms with van der Waals surface area (Å²) in [6.45, 7) is 4.30. The highest BCUT2D eigenvalue weighted by molar-refractivity contribution is 5.92. The van der Waals surface area contributed by atoms with Crippen LogP contribution in [0, 0.1) is 0 Å². The molecule has 0 aliphatic rings. The maximum absolute atomic E-state index is 4.70. The van der Waals surface area contributed by atoms with Crippen LogP contribution in [0.15, 0.2) is 43.1 Å². The third-order valence-electron chi connectivity index (χ3n) is 3.86. The molecule has 4 aromatic heterocycles. The Kier molecular flexibility index (Phi) is 2.85. The van der Waals surface area contributed by atoms with Crippen molar-refractivity contribution in [3.8, 4) is 11.4 Å². The fourth-order valence-corrected chi connectivity index (χ4v) is 2.72. The maximum atomic E-state index is 4.70. The van der Waals surface area contributed by atoms with Gasteiger partial charge in [0.15, 0.2) is 5.82 Å². The van der Waals surface area contributed by atoms with Gasteiger partial charge in [0.2, 0.25) is 0 Å². The summed E-state index contributed by atoms with van der Waals surface area (Å²) < 4.78 is 0. The molecule has 0 unspecified atom stereocenters. The van der Waals surface area contributed by atoms with Crippen molar-refractivity contribution < 1.29 is 0 Å². The van der Waals surface area contributed by atoms with Gasteiger partial charge in [-0.3, -0.25) is 4.98 Å². The summed E-state index contributed by atoms with van der Waals surface area (Å²) in [5.74, 6) is 1.09. The number of hydrogen-bond donors (Lipinski definition) is 1. The van der Waals surface area contributed by atoms with E-state index in [2.05, 4.69) is 33.8 Å². The van der Waals surface area contributed by atoms with Crippen molar-refractivity contribution in [2.45, 2.75) is 19.8 Å². The Labute approximate surface area is 127 Å². The zero-order chi connectivity index (χ0) is 15.1. The van der Waals surface area contributed by atoms with Crippen molar-refractivity contribution in [3.05, 3.63) is 48.7 Å². The molecule has 1 N–H and O–H groups in total. The largest absolute Gasteiger partial charge is 0.346 e. The van der Waals surface area contributed by atoms with Crippen LogP contribution < -0.4 is 0 Å². The summed E-state index contributed by atoms with van der Waals surface area (Å²) in [4.78, 5) is 21.0. The number of rotatable bonds is 2. The maximum Gasteiger partial charge on any atom is 0.160 e. The van der Waals surface area contributed by atoms with Gasteiger partial charge in [0.25, 0.3) is 0 Å². The predicted molar refractivity (Wildman–Crippen MR) is 86.5 cm³/mol. The van der Waals surface area contributed by atoms with Crippen LogP contribution in [0.1, 0.15) is 25.3 Å². The van der Waals surface area contributed by atoms with Gasteiger partial charge in [-0.1, -0.05) is 13.8 Å². The topological polar surface area (TPSA) is 67.3 Å². The number of H-pyrrole nitrogens is 1. The van der Waals surface area contributed by atoms with E-state index in [1.165, 1.54) is 5.56 Å². The number of aromatic nitrogens is 5. The normalized spacial score (nSPS) is 11.6. The number of nitrogens with one attached hydrogen (secondary N) is 1. The minimum Gasteiger partial charge on any atom is -0.346 e. The van der Waals surface area contributed by atoms with Gasteiger partial charge < -0.3 is 4.98 Å². The van der Waals surface area contributed by atoms with Crippen molar-refractivity contribution in [2.24, 2.45) is 0 Å². The minimum atomic E-state index is 0.392. The summed E-state index contributed by atoms with van der Waals surface area (Å²) in [6.07, 6.45) is 9.23. The summed E-state index contributed by atoms with van der Waals surface area (Å²) in [5.41, 5.74) is 3.86. The number of hydrogen-bond acceptors (Lipinski definition) is 4. The van der Waals surface area contributed by atoms with Crippen LogP contribution in [-0.2, 0) is 0 Å². The van der Waals surface area contributed by atoms with Crippen molar-refractivity contribution in [2.75, 3.05) is 0 Å².